The van der Waals surface area contributed by atoms with E-state index in [1.165, 1.54) is 16.7 Å². The van der Waals surface area contributed by atoms with Gasteiger partial charge < -0.3 is 0 Å². The van der Waals surface area contributed by atoms with Crippen LogP contribution < -0.4 is 0 Å². The second-order valence-corrected chi connectivity index (χ2v) is 2.93. The highest BCUT2D eigenvalue weighted by atomic mass is 14.6. The number of hydrogen-bond acceptors (Lipinski definition) is 1. The van der Waals surface area contributed by atoms with Gasteiger partial charge in [-0.15, -0.1) is 0 Å². The van der Waals surface area contributed by atoms with Gasteiger partial charge >= 0.3 is 0 Å². The molecular formula is C12H15N. The van der Waals surface area contributed by atoms with Crippen LogP contribution in [0.5, 0.6) is 0 Å². The van der Waals surface area contributed by atoms with Crippen LogP contribution in [0.4, 0.5) is 0 Å². The lowest BCUT2D eigenvalue weighted by Crippen LogP contribution is -1.86. The van der Waals surface area contributed by atoms with E-state index in [9.17, 15) is 0 Å². The van der Waals surface area contributed by atoms with Crippen molar-refractivity contribution in [1.82, 2.24) is 4.98 Å². The topological polar surface area (TPSA) is 12.9 Å². The molecule has 1 aromatic heterocycles. The largest absolute Gasteiger partial charge is 0.264 e. The van der Waals surface area contributed by atoms with Gasteiger partial charge in [0.05, 0.1) is 0 Å². The Morgan fingerprint density at radius 1 is 1.38 bits per heavy atom. The van der Waals surface area contributed by atoms with Crippen molar-refractivity contribution >= 4 is 11.6 Å². The Labute approximate surface area is 79.8 Å². The lowest BCUT2D eigenvalue weighted by molar-refractivity contribution is 1.30. The first-order valence-electron chi connectivity index (χ1n) is 4.49. The third kappa shape index (κ3) is 2.28. The SMILES string of the molecule is C/C=C\c1cnccc1/C(C)=C\C. The summed E-state index contributed by atoms with van der Waals surface area (Å²) >= 11 is 0. The minimum absolute atomic E-state index is 1.18. The first kappa shape index (κ1) is 9.72. The molecule has 1 heteroatoms. The highest BCUT2D eigenvalue weighted by Crippen LogP contribution is 2.18. The summed E-state index contributed by atoms with van der Waals surface area (Å²) in [6.45, 7) is 6.18. The minimum Gasteiger partial charge on any atom is -0.264 e. The number of rotatable bonds is 2. The zero-order valence-corrected chi connectivity index (χ0v) is 8.41. The van der Waals surface area contributed by atoms with Crippen LogP contribution in [0.25, 0.3) is 11.6 Å². The quantitative estimate of drug-likeness (QED) is 0.666. The molecule has 0 aliphatic heterocycles. The van der Waals surface area contributed by atoms with Gasteiger partial charge in [-0.3, -0.25) is 4.98 Å². The van der Waals surface area contributed by atoms with Gasteiger partial charge in [0.1, 0.15) is 0 Å². The third-order valence-corrected chi connectivity index (χ3v) is 2.06. The fourth-order valence-electron chi connectivity index (χ4n) is 1.23. The van der Waals surface area contributed by atoms with Crippen molar-refractivity contribution in [2.45, 2.75) is 20.8 Å². The zero-order chi connectivity index (χ0) is 9.68. The maximum atomic E-state index is 4.10. The van der Waals surface area contributed by atoms with Crippen LogP contribution in [0.2, 0.25) is 0 Å². The van der Waals surface area contributed by atoms with Crippen LogP contribution in [-0.2, 0) is 0 Å². The van der Waals surface area contributed by atoms with Crippen LogP contribution in [-0.4, -0.2) is 4.98 Å². The molecule has 1 aromatic rings. The molecule has 0 bridgehead atoms. The Balaban J connectivity index is 3.19. The van der Waals surface area contributed by atoms with E-state index in [-0.39, 0.29) is 0 Å². The zero-order valence-electron chi connectivity index (χ0n) is 8.41. The van der Waals surface area contributed by atoms with Crippen LogP contribution in [0.3, 0.4) is 0 Å². The summed E-state index contributed by atoms with van der Waals surface area (Å²) in [7, 11) is 0. The molecule has 0 aromatic carbocycles. The number of pyridine rings is 1. The maximum Gasteiger partial charge on any atom is 0.0346 e. The van der Waals surface area contributed by atoms with Gasteiger partial charge in [0.15, 0.2) is 0 Å². The maximum absolute atomic E-state index is 4.10. The predicted molar refractivity (Wildman–Crippen MR) is 58.3 cm³/mol. The van der Waals surface area contributed by atoms with E-state index in [4.69, 9.17) is 0 Å². The molecule has 0 aliphatic rings. The van der Waals surface area contributed by atoms with Gasteiger partial charge in [0.2, 0.25) is 0 Å². The summed E-state index contributed by atoms with van der Waals surface area (Å²) in [5, 5.41) is 0. The highest BCUT2D eigenvalue weighted by Gasteiger charge is 1.99. The molecule has 0 aliphatic carbocycles. The Kier molecular flexibility index (Phi) is 3.44. The normalized spacial score (nSPS) is 12.4. The van der Waals surface area contributed by atoms with Gasteiger partial charge in [0, 0.05) is 12.4 Å². The first-order valence-corrected chi connectivity index (χ1v) is 4.49. The summed E-state index contributed by atoms with van der Waals surface area (Å²) < 4.78 is 0. The van der Waals surface area contributed by atoms with Crippen molar-refractivity contribution in [1.29, 1.82) is 0 Å². The lowest BCUT2D eigenvalue weighted by atomic mass is 10.0. The van der Waals surface area contributed by atoms with Gasteiger partial charge in [-0.2, -0.15) is 0 Å². The number of nitrogens with zero attached hydrogens (tertiary/aromatic N) is 1. The van der Waals surface area contributed by atoms with Crippen molar-refractivity contribution < 1.29 is 0 Å². The molecule has 0 unspecified atom stereocenters. The number of allylic oxidation sites excluding steroid dienone is 3. The van der Waals surface area contributed by atoms with Gasteiger partial charge in [-0.05, 0) is 43.5 Å². The van der Waals surface area contributed by atoms with Gasteiger partial charge in [0.25, 0.3) is 0 Å². The Morgan fingerprint density at radius 2 is 2.15 bits per heavy atom. The average molecular weight is 173 g/mol. The predicted octanol–water partition coefficient (Wildman–Crippen LogP) is 3.54. The molecule has 0 atom stereocenters. The summed E-state index contributed by atoms with van der Waals surface area (Å²) in [5.41, 5.74) is 3.73. The second kappa shape index (κ2) is 4.61. The summed E-state index contributed by atoms with van der Waals surface area (Å²) in [6, 6.07) is 2.05. The number of aromatic nitrogens is 1. The molecule has 1 nitrogen and oxygen atoms in total. The van der Waals surface area contributed by atoms with Crippen LogP contribution in [0.15, 0.2) is 30.6 Å². The molecule has 13 heavy (non-hydrogen) atoms. The van der Waals surface area contributed by atoms with E-state index in [0.717, 1.165) is 0 Å². The van der Waals surface area contributed by atoms with Crippen molar-refractivity contribution in [2.24, 2.45) is 0 Å². The lowest BCUT2D eigenvalue weighted by Gasteiger charge is -2.04. The molecule has 0 fully saturated rings. The molecule has 0 saturated carbocycles. The fourth-order valence-corrected chi connectivity index (χ4v) is 1.23. The Morgan fingerprint density at radius 3 is 2.77 bits per heavy atom. The van der Waals surface area contributed by atoms with E-state index < -0.39 is 0 Å². The highest BCUT2D eigenvalue weighted by molar-refractivity contribution is 5.72. The van der Waals surface area contributed by atoms with E-state index in [1.54, 1.807) is 0 Å². The van der Waals surface area contributed by atoms with Crippen molar-refractivity contribution in [3.05, 3.63) is 41.7 Å². The summed E-state index contributed by atoms with van der Waals surface area (Å²) in [6.07, 6.45) is 9.94. The molecule has 0 radical (unpaired) electrons. The summed E-state index contributed by atoms with van der Waals surface area (Å²) in [5.74, 6) is 0. The van der Waals surface area contributed by atoms with Crippen LogP contribution in [0, 0.1) is 0 Å². The molecule has 1 heterocycles. The van der Waals surface area contributed by atoms with Crippen molar-refractivity contribution in [3.63, 3.8) is 0 Å². The third-order valence-electron chi connectivity index (χ3n) is 2.06. The minimum atomic E-state index is 1.18. The van der Waals surface area contributed by atoms with E-state index >= 15 is 0 Å². The molecule has 68 valence electrons. The van der Waals surface area contributed by atoms with Gasteiger partial charge in [-0.25, -0.2) is 0 Å². The second-order valence-electron chi connectivity index (χ2n) is 2.93. The Bertz CT molecular complexity index is 335. The first-order chi connectivity index (χ1) is 6.29. The smallest absolute Gasteiger partial charge is 0.0346 e. The van der Waals surface area contributed by atoms with Gasteiger partial charge in [-0.1, -0.05) is 18.2 Å². The van der Waals surface area contributed by atoms with Crippen LogP contribution >= 0.6 is 0 Å². The van der Waals surface area contributed by atoms with E-state index in [1.807, 2.05) is 31.5 Å². The van der Waals surface area contributed by atoms with Crippen molar-refractivity contribution in [3.8, 4) is 0 Å². The summed E-state index contributed by atoms with van der Waals surface area (Å²) in [4.78, 5) is 4.10. The molecule has 0 N–H and O–H groups in total. The molecule has 1 rings (SSSR count). The standard InChI is InChI=1S/C12H15N/c1-4-6-11-9-13-8-7-12(11)10(3)5-2/h4-9H,1-3H3/b6-4-,10-5-. The number of hydrogen-bond donors (Lipinski definition) is 0. The van der Waals surface area contributed by atoms with Crippen LogP contribution in [0.1, 0.15) is 31.9 Å². The monoisotopic (exact) mass is 173 g/mol. The molecule has 0 saturated heterocycles. The van der Waals surface area contributed by atoms with Crippen molar-refractivity contribution in [2.75, 3.05) is 0 Å². The average Bonchev–Trinajstić information content (AvgIpc) is 2.18. The molecule has 0 amide bonds. The van der Waals surface area contributed by atoms with E-state index in [2.05, 4.69) is 31.0 Å². The Hall–Kier alpha value is -1.37. The fraction of sp³-hybridized carbons (Fsp3) is 0.250. The van der Waals surface area contributed by atoms with E-state index in [0.29, 0.717) is 0 Å². The molecular weight excluding hydrogens is 158 g/mol. The molecule has 0 spiro atoms.